The Morgan fingerprint density at radius 1 is 1.33 bits per heavy atom. The molecular formula is C13H11N5O2S. The maximum atomic E-state index is 11.2. The lowest BCUT2D eigenvalue weighted by molar-refractivity contribution is 0.183. The summed E-state index contributed by atoms with van der Waals surface area (Å²) in [5.74, 6) is 0. The molecule has 7 nitrogen and oxygen atoms in total. The second-order valence-corrected chi connectivity index (χ2v) is 5.11. The molecule has 106 valence electrons. The Labute approximate surface area is 124 Å². The number of fused-ring (bicyclic) bond motifs is 1. The van der Waals surface area contributed by atoms with Crippen molar-refractivity contribution < 1.29 is 9.53 Å². The molecule has 2 heterocycles. The van der Waals surface area contributed by atoms with Gasteiger partial charge in [-0.3, -0.25) is 4.98 Å². The average molecular weight is 301 g/mol. The number of aromatic nitrogens is 4. The van der Waals surface area contributed by atoms with Crippen molar-refractivity contribution in [3.63, 3.8) is 0 Å². The number of ether oxygens (including phenoxy) is 1. The van der Waals surface area contributed by atoms with Crippen molar-refractivity contribution in [2.45, 2.75) is 9.92 Å². The first kappa shape index (κ1) is 13.4. The monoisotopic (exact) mass is 301 g/mol. The van der Waals surface area contributed by atoms with E-state index in [4.69, 9.17) is 0 Å². The Balaban J connectivity index is 1.86. The van der Waals surface area contributed by atoms with Crippen LogP contribution in [0.5, 0.6) is 0 Å². The fourth-order valence-electron chi connectivity index (χ4n) is 1.75. The zero-order chi connectivity index (χ0) is 14.7. The summed E-state index contributed by atoms with van der Waals surface area (Å²) in [6.45, 7) is 0. The predicted molar refractivity (Wildman–Crippen MR) is 77.7 cm³/mol. The highest BCUT2D eigenvalue weighted by Crippen LogP contribution is 2.27. The van der Waals surface area contributed by atoms with E-state index in [1.165, 1.54) is 29.9 Å². The number of imidazole rings is 1. The third-order valence-corrected chi connectivity index (χ3v) is 3.59. The van der Waals surface area contributed by atoms with Gasteiger partial charge in [0.1, 0.15) is 11.4 Å². The lowest BCUT2D eigenvalue weighted by Gasteiger charge is -2.05. The summed E-state index contributed by atoms with van der Waals surface area (Å²) in [4.78, 5) is 24.7. The molecular weight excluding hydrogens is 290 g/mol. The van der Waals surface area contributed by atoms with Crippen LogP contribution in [0.3, 0.4) is 0 Å². The first-order chi connectivity index (χ1) is 10.3. The zero-order valence-electron chi connectivity index (χ0n) is 11.1. The standard InChI is InChI=1S/C13H11N5O2S/c1-20-13(19)17-18-8-16-10-6-9(2-3-11(10)18)21-12-7-14-4-5-15-12/h2-8H,1H3,(H,17,19). The zero-order valence-corrected chi connectivity index (χ0v) is 11.9. The Morgan fingerprint density at radius 2 is 2.24 bits per heavy atom. The van der Waals surface area contributed by atoms with Crippen LogP contribution in [0.4, 0.5) is 4.79 Å². The maximum Gasteiger partial charge on any atom is 0.426 e. The number of nitrogens with one attached hydrogen (secondary N) is 1. The van der Waals surface area contributed by atoms with Gasteiger partial charge in [-0.25, -0.2) is 24.9 Å². The second-order valence-electron chi connectivity index (χ2n) is 4.01. The quantitative estimate of drug-likeness (QED) is 0.799. The summed E-state index contributed by atoms with van der Waals surface area (Å²) in [6, 6.07) is 5.72. The Kier molecular flexibility index (Phi) is 3.69. The molecule has 8 heteroatoms. The van der Waals surface area contributed by atoms with Crippen LogP contribution in [0.15, 0.2) is 53.0 Å². The summed E-state index contributed by atoms with van der Waals surface area (Å²) in [5, 5.41) is 0.809. The van der Waals surface area contributed by atoms with Crippen molar-refractivity contribution in [2.75, 3.05) is 12.5 Å². The Hall–Kier alpha value is -2.61. The van der Waals surface area contributed by atoms with Crippen molar-refractivity contribution in [1.29, 1.82) is 0 Å². The van der Waals surface area contributed by atoms with Gasteiger partial charge in [-0.2, -0.15) is 0 Å². The van der Waals surface area contributed by atoms with Crippen LogP contribution in [-0.4, -0.2) is 32.8 Å². The van der Waals surface area contributed by atoms with Gasteiger partial charge in [-0.1, -0.05) is 11.8 Å². The van der Waals surface area contributed by atoms with Crippen molar-refractivity contribution in [2.24, 2.45) is 0 Å². The van der Waals surface area contributed by atoms with Crippen LogP contribution in [0.2, 0.25) is 0 Å². The van der Waals surface area contributed by atoms with Crippen molar-refractivity contribution in [3.8, 4) is 0 Å². The fraction of sp³-hybridized carbons (Fsp3) is 0.0769. The van der Waals surface area contributed by atoms with Gasteiger partial charge in [0.25, 0.3) is 0 Å². The van der Waals surface area contributed by atoms with Crippen LogP contribution in [0, 0.1) is 0 Å². The topological polar surface area (TPSA) is 81.9 Å². The third kappa shape index (κ3) is 2.95. The molecule has 1 aromatic carbocycles. The molecule has 0 aliphatic rings. The van der Waals surface area contributed by atoms with Gasteiger partial charge in [0, 0.05) is 17.3 Å². The van der Waals surface area contributed by atoms with E-state index in [1.807, 2.05) is 18.2 Å². The van der Waals surface area contributed by atoms with E-state index in [0.29, 0.717) is 0 Å². The van der Waals surface area contributed by atoms with Gasteiger partial charge in [0.2, 0.25) is 0 Å². The van der Waals surface area contributed by atoms with E-state index in [9.17, 15) is 4.79 Å². The summed E-state index contributed by atoms with van der Waals surface area (Å²) in [5.41, 5.74) is 4.09. The lowest BCUT2D eigenvalue weighted by atomic mass is 10.3. The number of hydrogen-bond donors (Lipinski definition) is 1. The smallest absolute Gasteiger partial charge is 0.426 e. The van der Waals surface area contributed by atoms with Crippen molar-refractivity contribution in [3.05, 3.63) is 43.1 Å². The highest BCUT2D eigenvalue weighted by atomic mass is 32.2. The number of carbonyl (C=O) groups excluding carboxylic acids is 1. The summed E-state index contributed by atoms with van der Waals surface area (Å²) < 4.78 is 6.07. The molecule has 0 spiro atoms. The number of benzene rings is 1. The molecule has 0 aliphatic heterocycles. The number of nitrogens with zero attached hydrogens (tertiary/aromatic N) is 4. The van der Waals surface area contributed by atoms with E-state index in [0.717, 1.165) is 21.0 Å². The van der Waals surface area contributed by atoms with Crippen molar-refractivity contribution in [1.82, 2.24) is 19.6 Å². The number of hydrogen-bond acceptors (Lipinski definition) is 6. The first-order valence-corrected chi connectivity index (χ1v) is 6.84. The molecule has 3 aromatic rings. The number of methoxy groups -OCH3 is 1. The van der Waals surface area contributed by atoms with E-state index in [1.54, 1.807) is 18.6 Å². The van der Waals surface area contributed by atoms with E-state index in [-0.39, 0.29) is 0 Å². The number of amides is 1. The second kappa shape index (κ2) is 5.80. The molecule has 2 aromatic heterocycles. The van der Waals surface area contributed by atoms with Crippen LogP contribution in [0.25, 0.3) is 11.0 Å². The SMILES string of the molecule is COC(=O)Nn1cnc2cc(Sc3cnccn3)ccc21. The van der Waals surface area contributed by atoms with Gasteiger partial charge in [0.05, 0.1) is 24.3 Å². The molecule has 1 N–H and O–H groups in total. The normalized spacial score (nSPS) is 10.5. The van der Waals surface area contributed by atoms with Gasteiger partial charge < -0.3 is 4.74 Å². The van der Waals surface area contributed by atoms with Crippen LogP contribution >= 0.6 is 11.8 Å². The predicted octanol–water partition coefficient (Wildman–Crippen LogP) is 2.29. The minimum Gasteiger partial charge on any atom is -0.452 e. The van der Waals surface area contributed by atoms with E-state index < -0.39 is 6.09 Å². The van der Waals surface area contributed by atoms with Crippen LogP contribution < -0.4 is 5.43 Å². The minimum absolute atomic E-state index is 0.549. The molecule has 0 bridgehead atoms. The average Bonchev–Trinajstić information content (AvgIpc) is 2.90. The third-order valence-electron chi connectivity index (χ3n) is 2.68. The number of rotatable bonds is 3. The van der Waals surface area contributed by atoms with Crippen molar-refractivity contribution >= 4 is 28.9 Å². The van der Waals surface area contributed by atoms with Gasteiger partial charge in [-0.05, 0) is 18.2 Å². The molecule has 0 saturated heterocycles. The largest absolute Gasteiger partial charge is 0.452 e. The van der Waals surface area contributed by atoms with Crippen LogP contribution in [-0.2, 0) is 4.74 Å². The molecule has 3 rings (SSSR count). The fourth-order valence-corrected chi connectivity index (χ4v) is 2.52. The molecule has 0 radical (unpaired) electrons. The van der Waals surface area contributed by atoms with Crippen LogP contribution in [0.1, 0.15) is 0 Å². The molecule has 1 amide bonds. The molecule has 0 saturated carbocycles. The maximum absolute atomic E-state index is 11.2. The molecule has 0 unspecified atom stereocenters. The van der Waals surface area contributed by atoms with Gasteiger partial charge in [0.15, 0.2) is 0 Å². The van der Waals surface area contributed by atoms with E-state index in [2.05, 4.69) is 25.1 Å². The van der Waals surface area contributed by atoms with Gasteiger partial charge >= 0.3 is 6.09 Å². The number of carbonyl (C=O) groups is 1. The first-order valence-electron chi connectivity index (χ1n) is 6.02. The van der Waals surface area contributed by atoms with E-state index >= 15 is 0 Å². The Bertz CT molecular complexity index is 775. The molecule has 0 atom stereocenters. The lowest BCUT2D eigenvalue weighted by Crippen LogP contribution is -2.21. The highest BCUT2D eigenvalue weighted by molar-refractivity contribution is 7.99. The minimum atomic E-state index is -0.549. The highest BCUT2D eigenvalue weighted by Gasteiger charge is 2.07. The Morgan fingerprint density at radius 3 is 3.00 bits per heavy atom. The molecule has 21 heavy (non-hydrogen) atoms. The summed E-state index contributed by atoms with van der Waals surface area (Å²) in [7, 11) is 1.31. The summed E-state index contributed by atoms with van der Waals surface area (Å²) >= 11 is 1.50. The molecule has 0 aliphatic carbocycles. The summed E-state index contributed by atoms with van der Waals surface area (Å²) in [6.07, 6.45) is 5.96. The van der Waals surface area contributed by atoms with Gasteiger partial charge in [-0.15, -0.1) is 0 Å². The molecule has 0 fully saturated rings.